The molecule has 2 unspecified atom stereocenters. The molecule has 2 atom stereocenters. The highest BCUT2D eigenvalue weighted by Crippen LogP contribution is 2.16. The molecular formula is C10H16N2. The molecule has 0 aliphatic carbocycles. The van der Waals surface area contributed by atoms with E-state index in [1.807, 2.05) is 25.1 Å². The summed E-state index contributed by atoms with van der Waals surface area (Å²) in [5.74, 6) is 0. The Bertz CT molecular complexity index is 256. The molecule has 0 amide bonds. The van der Waals surface area contributed by atoms with E-state index in [2.05, 4.69) is 13.0 Å². The molecule has 66 valence electrons. The van der Waals surface area contributed by atoms with Crippen LogP contribution in [0.25, 0.3) is 0 Å². The van der Waals surface area contributed by atoms with Gasteiger partial charge in [-0.2, -0.15) is 0 Å². The van der Waals surface area contributed by atoms with E-state index in [1.54, 1.807) is 0 Å². The minimum atomic E-state index is -0.0498. The van der Waals surface area contributed by atoms with Gasteiger partial charge in [-0.3, -0.25) is 0 Å². The van der Waals surface area contributed by atoms with Crippen LogP contribution in [-0.4, -0.2) is 6.04 Å². The fraction of sp³-hybridized carbons (Fsp3) is 0.400. The lowest BCUT2D eigenvalue weighted by atomic mass is 9.98. The van der Waals surface area contributed by atoms with Gasteiger partial charge >= 0.3 is 0 Å². The Kier molecular flexibility index (Phi) is 2.84. The number of benzene rings is 1. The van der Waals surface area contributed by atoms with E-state index in [1.165, 1.54) is 5.56 Å². The Balaban J connectivity index is 2.94. The van der Waals surface area contributed by atoms with Gasteiger partial charge in [-0.1, -0.05) is 24.3 Å². The second-order valence-electron chi connectivity index (χ2n) is 3.24. The summed E-state index contributed by atoms with van der Waals surface area (Å²) in [5.41, 5.74) is 14.0. The zero-order valence-corrected chi connectivity index (χ0v) is 7.62. The minimum absolute atomic E-state index is 0.00565. The van der Waals surface area contributed by atoms with Gasteiger partial charge in [0, 0.05) is 12.1 Å². The van der Waals surface area contributed by atoms with Crippen LogP contribution in [0.3, 0.4) is 0 Å². The average molecular weight is 164 g/mol. The maximum atomic E-state index is 5.91. The highest BCUT2D eigenvalue weighted by Gasteiger charge is 2.11. The Hall–Kier alpha value is -0.860. The molecule has 2 nitrogen and oxygen atoms in total. The number of hydrogen-bond donors (Lipinski definition) is 2. The lowest BCUT2D eigenvalue weighted by Crippen LogP contribution is -2.31. The molecule has 0 fully saturated rings. The summed E-state index contributed by atoms with van der Waals surface area (Å²) in [7, 11) is 0. The summed E-state index contributed by atoms with van der Waals surface area (Å²) in [5, 5.41) is 0. The molecule has 0 aliphatic rings. The average Bonchev–Trinajstić information content (AvgIpc) is 2.04. The number of hydrogen-bond acceptors (Lipinski definition) is 2. The van der Waals surface area contributed by atoms with E-state index in [0.29, 0.717) is 0 Å². The van der Waals surface area contributed by atoms with Crippen LogP contribution >= 0.6 is 0 Å². The van der Waals surface area contributed by atoms with E-state index in [0.717, 1.165) is 5.56 Å². The van der Waals surface area contributed by atoms with Crippen LogP contribution in [0.5, 0.6) is 0 Å². The Morgan fingerprint density at radius 3 is 2.25 bits per heavy atom. The normalized spacial score (nSPS) is 15.7. The molecule has 0 radical (unpaired) electrons. The number of nitrogens with two attached hydrogens (primary N) is 2. The highest BCUT2D eigenvalue weighted by molar-refractivity contribution is 5.29. The van der Waals surface area contributed by atoms with Crippen molar-refractivity contribution < 1.29 is 0 Å². The smallest absolute Gasteiger partial charge is 0.0448 e. The van der Waals surface area contributed by atoms with Crippen molar-refractivity contribution in [1.29, 1.82) is 0 Å². The van der Waals surface area contributed by atoms with Gasteiger partial charge in [-0.05, 0) is 25.0 Å². The van der Waals surface area contributed by atoms with Crippen molar-refractivity contribution in [2.75, 3.05) is 0 Å². The monoisotopic (exact) mass is 164 g/mol. The van der Waals surface area contributed by atoms with Crippen LogP contribution in [0.4, 0.5) is 0 Å². The lowest BCUT2D eigenvalue weighted by Gasteiger charge is -2.17. The summed E-state index contributed by atoms with van der Waals surface area (Å²) < 4.78 is 0. The van der Waals surface area contributed by atoms with E-state index in [9.17, 15) is 0 Å². The maximum Gasteiger partial charge on any atom is 0.0448 e. The number of aryl methyl sites for hydroxylation is 1. The van der Waals surface area contributed by atoms with Crippen LogP contribution < -0.4 is 11.5 Å². The topological polar surface area (TPSA) is 52.0 Å². The lowest BCUT2D eigenvalue weighted by molar-refractivity contribution is 0.586. The van der Waals surface area contributed by atoms with Crippen LogP contribution in [0, 0.1) is 6.92 Å². The molecule has 2 heteroatoms. The quantitative estimate of drug-likeness (QED) is 0.693. The van der Waals surface area contributed by atoms with Gasteiger partial charge in [0.25, 0.3) is 0 Å². The molecule has 1 aromatic carbocycles. The standard InChI is InChI=1S/C10H16N2/c1-7-5-3-4-6-9(7)10(12)8(2)11/h3-6,8,10H,11-12H2,1-2H3. The minimum Gasteiger partial charge on any atom is -0.326 e. The third-order valence-corrected chi connectivity index (χ3v) is 2.11. The van der Waals surface area contributed by atoms with Gasteiger partial charge in [-0.25, -0.2) is 0 Å². The number of rotatable bonds is 2. The molecule has 4 N–H and O–H groups in total. The fourth-order valence-electron chi connectivity index (χ4n) is 1.24. The van der Waals surface area contributed by atoms with Gasteiger partial charge in [0.1, 0.15) is 0 Å². The zero-order chi connectivity index (χ0) is 9.14. The summed E-state index contributed by atoms with van der Waals surface area (Å²) in [6.45, 7) is 3.98. The van der Waals surface area contributed by atoms with E-state index < -0.39 is 0 Å². The third kappa shape index (κ3) is 1.84. The molecule has 0 aromatic heterocycles. The fourth-order valence-corrected chi connectivity index (χ4v) is 1.24. The first kappa shape index (κ1) is 9.23. The van der Waals surface area contributed by atoms with Crippen molar-refractivity contribution in [3.63, 3.8) is 0 Å². The van der Waals surface area contributed by atoms with Crippen LogP contribution in [0.2, 0.25) is 0 Å². The molecule has 1 rings (SSSR count). The van der Waals surface area contributed by atoms with Crippen molar-refractivity contribution in [3.05, 3.63) is 35.4 Å². The van der Waals surface area contributed by atoms with Crippen molar-refractivity contribution in [2.45, 2.75) is 25.9 Å². The second kappa shape index (κ2) is 3.70. The van der Waals surface area contributed by atoms with E-state index in [4.69, 9.17) is 11.5 Å². The molecule has 0 heterocycles. The van der Waals surface area contributed by atoms with E-state index in [-0.39, 0.29) is 12.1 Å². The molecular weight excluding hydrogens is 148 g/mol. The molecule has 0 bridgehead atoms. The highest BCUT2D eigenvalue weighted by atomic mass is 14.8. The van der Waals surface area contributed by atoms with Crippen LogP contribution in [0.1, 0.15) is 24.1 Å². The van der Waals surface area contributed by atoms with Crippen molar-refractivity contribution in [2.24, 2.45) is 11.5 Å². The molecule has 0 saturated heterocycles. The van der Waals surface area contributed by atoms with Crippen LogP contribution in [0.15, 0.2) is 24.3 Å². The molecule has 1 aromatic rings. The summed E-state index contributed by atoms with van der Waals surface area (Å²) >= 11 is 0. The van der Waals surface area contributed by atoms with Crippen molar-refractivity contribution in [3.8, 4) is 0 Å². The summed E-state index contributed by atoms with van der Waals surface area (Å²) in [4.78, 5) is 0. The van der Waals surface area contributed by atoms with Crippen molar-refractivity contribution >= 4 is 0 Å². The summed E-state index contributed by atoms with van der Waals surface area (Å²) in [6, 6.07) is 8.04. The molecule has 0 spiro atoms. The molecule has 0 aliphatic heterocycles. The maximum absolute atomic E-state index is 5.91. The largest absolute Gasteiger partial charge is 0.326 e. The second-order valence-corrected chi connectivity index (χ2v) is 3.24. The molecule has 12 heavy (non-hydrogen) atoms. The Morgan fingerprint density at radius 2 is 1.75 bits per heavy atom. The van der Waals surface area contributed by atoms with Gasteiger partial charge in [0.2, 0.25) is 0 Å². The zero-order valence-electron chi connectivity index (χ0n) is 7.62. The van der Waals surface area contributed by atoms with Crippen molar-refractivity contribution in [1.82, 2.24) is 0 Å². The van der Waals surface area contributed by atoms with Gasteiger partial charge in [-0.15, -0.1) is 0 Å². The third-order valence-electron chi connectivity index (χ3n) is 2.11. The predicted octanol–water partition coefficient (Wildman–Crippen LogP) is 1.34. The first-order valence-corrected chi connectivity index (χ1v) is 4.19. The first-order chi connectivity index (χ1) is 5.63. The first-order valence-electron chi connectivity index (χ1n) is 4.19. The van der Waals surface area contributed by atoms with Gasteiger partial charge in [0.15, 0.2) is 0 Å². The Morgan fingerprint density at radius 1 is 1.17 bits per heavy atom. The van der Waals surface area contributed by atoms with Crippen LogP contribution in [-0.2, 0) is 0 Å². The summed E-state index contributed by atoms with van der Waals surface area (Å²) in [6.07, 6.45) is 0. The van der Waals surface area contributed by atoms with Gasteiger partial charge in [0.05, 0.1) is 0 Å². The Labute approximate surface area is 73.6 Å². The predicted molar refractivity (Wildman–Crippen MR) is 51.8 cm³/mol. The SMILES string of the molecule is Cc1ccccc1C(N)C(C)N. The van der Waals surface area contributed by atoms with Gasteiger partial charge < -0.3 is 11.5 Å². The molecule has 0 saturated carbocycles. The van der Waals surface area contributed by atoms with E-state index >= 15 is 0 Å².